The van der Waals surface area contributed by atoms with Gasteiger partial charge in [0.15, 0.2) is 0 Å². The maximum Gasteiger partial charge on any atom is 0.249 e. The number of carbonyl (C=O) groups excluding carboxylic acids is 3. The van der Waals surface area contributed by atoms with Crippen LogP contribution in [0.4, 0.5) is 0 Å². The van der Waals surface area contributed by atoms with Gasteiger partial charge in [0.2, 0.25) is 17.7 Å². The van der Waals surface area contributed by atoms with E-state index in [4.69, 9.17) is 4.74 Å². The third kappa shape index (κ3) is 4.09. The molecule has 2 fully saturated rings. The molecular weight excluding hydrogens is 506 g/mol. The van der Waals surface area contributed by atoms with Crippen molar-refractivity contribution in [2.45, 2.75) is 50.2 Å². The SMILES string of the molecule is C[C@H](CO)N1C(=O)[C@@H]2[C@@H]3C(=O)N(Cc4ccccc4)CC=C[C@]3(C)O[C@@]23C=CCN(Cc2ccccc2)C(=O)C13. The highest BCUT2D eigenvalue weighted by atomic mass is 16.5. The van der Waals surface area contributed by atoms with E-state index in [2.05, 4.69) is 0 Å². The van der Waals surface area contributed by atoms with Crippen molar-refractivity contribution in [1.29, 1.82) is 0 Å². The van der Waals surface area contributed by atoms with Gasteiger partial charge in [0.05, 0.1) is 30.1 Å². The predicted octanol–water partition coefficient (Wildman–Crippen LogP) is 2.54. The molecule has 6 atom stereocenters. The average Bonchev–Trinajstić information content (AvgIpc) is 3.25. The van der Waals surface area contributed by atoms with Crippen LogP contribution in [0.2, 0.25) is 0 Å². The van der Waals surface area contributed by atoms with Crippen LogP contribution in [0.3, 0.4) is 0 Å². The minimum absolute atomic E-state index is 0.171. The van der Waals surface area contributed by atoms with E-state index in [1.165, 1.54) is 4.90 Å². The first-order valence-corrected chi connectivity index (χ1v) is 13.9. The number of nitrogens with zero attached hydrogens (tertiary/aromatic N) is 3. The Morgan fingerprint density at radius 1 is 0.825 bits per heavy atom. The summed E-state index contributed by atoms with van der Waals surface area (Å²) in [6.07, 6.45) is 7.55. The standard InChI is InChI=1S/C32H35N3O5/c1-22(21-36)35-27-30(39)34(20-24-13-7-4-8-14-24)18-10-16-32(27)26(29(35)38)25-28(37)33(17-9-15-31(25,2)40-32)19-23-11-5-3-6-12-23/h3-16,22,25-27,36H,17-21H2,1-2H3/t22-,25-,26+,27?,31+,32+/m1/s1. The molecule has 0 radical (unpaired) electrons. The highest BCUT2D eigenvalue weighted by Gasteiger charge is 2.75. The molecule has 8 nitrogen and oxygen atoms in total. The molecule has 40 heavy (non-hydrogen) atoms. The molecule has 0 aliphatic carbocycles. The lowest BCUT2D eigenvalue weighted by Crippen LogP contribution is -2.58. The summed E-state index contributed by atoms with van der Waals surface area (Å²) in [4.78, 5) is 47.9. The van der Waals surface area contributed by atoms with Crippen molar-refractivity contribution in [2.24, 2.45) is 11.8 Å². The van der Waals surface area contributed by atoms with E-state index < -0.39 is 35.1 Å². The largest absolute Gasteiger partial charge is 0.394 e. The predicted molar refractivity (Wildman–Crippen MR) is 148 cm³/mol. The Morgan fingerprint density at radius 3 is 1.95 bits per heavy atom. The third-order valence-electron chi connectivity index (χ3n) is 8.83. The van der Waals surface area contributed by atoms with E-state index >= 15 is 0 Å². The molecule has 0 aromatic heterocycles. The Bertz CT molecular complexity index is 1360. The van der Waals surface area contributed by atoms with Crippen LogP contribution in [0.15, 0.2) is 85.0 Å². The second-order valence-corrected chi connectivity index (χ2v) is 11.5. The molecule has 4 heterocycles. The maximum atomic E-state index is 14.3. The quantitative estimate of drug-likeness (QED) is 0.568. The van der Waals surface area contributed by atoms with Crippen molar-refractivity contribution in [3.63, 3.8) is 0 Å². The Labute approximate surface area is 234 Å². The third-order valence-corrected chi connectivity index (χ3v) is 8.83. The van der Waals surface area contributed by atoms with Gasteiger partial charge in [-0.2, -0.15) is 0 Å². The molecule has 6 rings (SSSR count). The van der Waals surface area contributed by atoms with Gasteiger partial charge in [-0.25, -0.2) is 0 Å². The summed E-state index contributed by atoms with van der Waals surface area (Å²) < 4.78 is 6.85. The van der Waals surface area contributed by atoms with E-state index in [0.29, 0.717) is 26.2 Å². The van der Waals surface area contributed by atoms with Crippen LogP contribution < -0.4 is 0 Å². The van der Waals surface area contributed by atoms with E-state index in [0.717, 1.165) is 11.1 Å². The van der Waals surface area contributed by atoms with E-state index in [1.54, 1.807) is 16.7 Å². The molecule has 0 saturated carbocycles. The smallest absolute Gasteiger partial charge is 0.249 e. The topological polar surface area (TPSA) is 90.4 Å². The summed E-state index contributed by atoms with van der Waals surface area (Å²) in [5.41, 5.74) is -0.441. The van der Waals surface area contributed by atoms with Crippen LogP contribution in [0.1, 0.15) is 25.0 Å². The number of aliphatic hydroxyl groups excluding tert-OH is 1. The molecule has 8 heteroatoms. The van der Waals surface area contributed by atoms with Gasteiger partial charge < -0.3 is 24.5 Å². The van der Waals surface area contributed by atoms with E-state index in [-0.39, 0.29) is 24.3 Å². The number of benzene rings is 2. The van der Waals surface area contributed by atoms with Crippen molar-refractivity contribution < 1.29 is 24.2 Å². The van der Waals surface area contributed by atoms with Gasteiger partial charge in [-0.05, 0) is 25.0 Å². The Hall–Kier alpha value is -3.75. The number of hydrogen-bond donors (Lipinski definition) is 1. The summed E-state index contributed by atoms with van der Waals surface area (Å²) in [6.45, 7) is 4.80. The first-order chi connectivity index (χ1) is 19.3. The van der Waals surface area contributed by atoms with Crippen LogP contribution in [-0.4, -0.2) is 80.5 Å². The summed E-state index contributed by atoms with van der Waals surface area (Å²) in [7, 11) is 0. The maximum absolute atomic E-state index is 14.3. The molecule has 1 unspecified atom stereocenters. The second kappa shape index (κ2) is 10.0. The molecule has 2 aromatic rings. The molecular formula is C32H35N3O5. The second-order valence-electron chi connectivity index (χ2n) is 11.5. The zero-order valence-electron chi connectivity index (χ0n) is 22.8. The van der Waals surface area contributed by atoms with Gasteiger partial charge in [0, 0.05) is 26.2 Å². The first kappa shape index (κ1) is 26.5. The number of fused-ring (bicyclic) bond motifs is 2. The first-order valence-electron chi connectivity index (χ1n) is 13.9. The summed E-state index contributed by atoms with van der Waals surface area (Å²) in [5.74, 6) is -2.47. The number of carbonyl (C=O) groups is 3. The minimum atomic E-state index is -1.34. The number of amides is 3. The van der Waals surface area contributed by atoms with Crippen LogP contribution in [0.25, 0.3) is 0 Å². The molecule has 208 valence electrons. The number of likely N-dealkylation sites (tertiary alicyclic amines) is 1. The zero-order chi connectivity index (χ0) is 28.1. The fourth-order valence-corrected chi connectivity index (χ4v) is 7.01. The summed E-state index contributed by atoms with van der Waals surface area (Å²) >= 11 is 0. The van der Waals surface area contributed by atoms with Crippen molar-refractivity contribution in [3.8, 4) is 0 Å². The fraction of sp³-hybridized carbons (Fsp3) is 0.406. The van der Waals surface area contributed by atoms with Crippen LogP contribution in [-0.2, 0) is 32.2 Å². The van der Waals surface area contributed by atoms with Gasteiger partial charge in [-0.3, -0.25) is 14.4 Å². The van der Waals surface area contributed by atoms with Crippen LogP contribution >= 0.6 is 0 Å². The van der Waals surface area contributed by atoms with E-state index in [9.17, 15) is 19.5 Å². The van der Waals surface area contributed by atoms with Crippen molar-refractivity contribution in [2.75, 3.05) is 19.7 Å². The molecule has 1 spiro atoms. The molecule has 4 aliphatic heterocycles. The van der Waals surface area contributed by atoms with Crippen LogP contribution in [0.5, 0.6) is 0 Å². The van der Waals surface area contributed by atoms with Crippen molar-refractivity contribution in [1.82, 2.24) is 14.7 Å². The lowest BCUT2D eigenvalue weighted by molar-refractivity contribution is -0.155. The van der Waals surface area contributed by atoms with E-state index in [1.807, 2.05) is 91.9 Å². The molecule has 2 saturated heterocycles. The van der Waals surface area contributed by atoms with Gasteiger partial charge in [0.1, 0.15) is 11.6 Å². The highest BCUT2D eigenvalue weighted by Crippen LogP contribution is 2.57. The lowest BCUT2D eigenvalue weighted by Gasteiger charge is -2.39. The van der Waals surface area contributed by atoms with Gasteiger partial charge in [0.25, 0.3) is 0 Å². The van der Waals surface area contributed by atoms with Gasteiger partial charge >= 0.3 is 0 Å². The van der Waals surface area contributed by atoms with Gasteiger partial charge in [-0.15, -0.1) is 0 Å². The Morgan fingerprint density at radius 2 is 1.38 bits per heavy atom. The summed E-state index contributed by atoms with van der Waals surface area (Å²) in [5, 5.41) is 10.1. The Kier molecular flexibility index (Phi) is 6.63. The lowest BCUT2D eigenvalue weighted by atomic mass is 9.74. The van der Waals surface area contributed by atoms with Crippen LogP contribution in [0, 0.1) is 11.8 Å². The molecule has 2 aromatic carbocycles. The minimum Gasteiger partial charge on any atom is -0.394 e. The zero-order valence-corrected chi connectivity index (χ0v) is 22.8. The normalized spacial score (nSPS) is 32.0. The number of ether oxygens (including phenoxy) is 1. The number of rotatable bonds is 6. The van der Waals surface area contributed by atoms with Gasteiger partial charge in [-0.1, -0.05) is 85.0 Å². The Balaban J connectivity index is 1.41. The highest BCUT2D eigenvalue weighted by molar-refractivity contribution is 6.00. The van der Waals surface area contributed by atoms with Crippen molar-refractivity contribution in [3.05, 3.63) is 96.1 Å². The fourth-order valence-electron chi connectivity index (χ4n) is 7.01. The molecule has 0 bridgehead atoms. The van der Waals surface area contributed by atoms with Crippen molar-refractivity contribution >= 4 is 17.7 Å². The average molecular weight is 542 g/mol. The monoisotopic (exact) mass is 541 g/mol. The molecule has 1 N–H and O–H groups in total. The molecule has 4 aliphatic rings. The number of hydrogen-bond acceptors (Lipinski definition) is 5. The summed E-state index contributed by atoms with van der Waals surface area (Å²) in [6, 6.07) is 17.8. The number of aliphatic hydroxyl groups is 1. The molecule has 3 amide bonds.